The van der Waals surface area contributed by atoms with Crippen molar-refractivity contribution in [2.75, 3.05) is 0 Å². The fourth-order valence-corrected chi connectivity index (χ4v) is 3.29. The number of benzene rings is 1. The summed E-state index contributed by atoms with van der Waals surface area (Å²) in [6.45, 7) is 25.7. The van der Waals surface area contributed by atoms with Crippen LogP contribution in [0.1, 0.15) is 74.8 Å². The molecular formula is C27H37Sc-. The Labute approximate surface area is 196 Å². The molecule has 0 heterocycles. The van der Waals surface area contributed by atoms with Crippen molar-refractivity contribution in [1.29, 1.82) is 0 Å². The van der Waals surface area contributed by atoms with E-state index in [2.05, 4.69) is 76.2 Å². The van der Waals surface area contributed by atoms with Crippen molar-refractivity contribution in [2.45, 2.75) is 69.2 Å². The van der Waals surface area contributed by atoms with E-state index < -0.39 is 0 Å². The van der Waals surface area contributed by atoms with Crippen molar-refractivity contribution in [1.82, 2.24) is 0 Å². The average Bonchev–Trinajstić information content (AvgIpc) is 2.94. The molecule has 28 heavy (non-hydrogen) atoms. The second kappa shape index (κ2) is 12.6. The molecule has 11 radical (unpaired) electrons. The summed E-state index contributed by atoms with van der Waals surface area (Å²) >= 11 is 0. The molecule has 0 atom stereocenters. The first-order chi connectivity index (χ1) is 12.5. The molecule has 0 saturated heterocycles. The van der Waals surface area contributed by atoms with Gasteiger partial charge in [0.2, 0.25) is 0 Å². The van der Waals surface area contributed by atoms with Crippen LogP contribution in [0.5, 0.6) is 0 Å². The van der Waals surface area contributed by atoms with Crippen molar-refractivity contribution in [3.8, 4) is 0 Å². The van der Waals surface area contributed by atoms with Gasteiger partial charge in [0.25, 0.3) is 0 Å². The van der Waals surface area contributed by atoms with Crippen molar-refractivity contribution in [2.24, 2.45) is 0 Å². The predicted molar refractivity (Wildman–Crippen MR) is 120 cm³/mol. The molecule has 1 heteroatoms. The molecule has 2 aliphatic rings. The molecule has 0 spiro atoms. The van der Waals surface area contributed by atoms with Crippen LogP contribution in [-0.2, 0) is 25.8 Å². The van der Waals surface area contributed by atoms with Crippen LogP contribution in [0.4, 0.5) is 0 Å². The van der Waals surface area contributed by atoms with Crippen molar-refractivity contribution < 1.29 is 25.8 Å². The molecular weight excluding hydrogens is 369 g/mol. The molecule has 0 aromatic heterocycles. The third kappa shape index (κ3) is 7.03. The van der Waals surface area contributed by atoms with Gasteiger partial charge in [-0.15, -0.1) is 12.1 Å². The first kappa shape index (κ1) is 28.0. The molecule has 1 aromatic rings. The second-order valence-corrected chi connectivity index (χ2v) is 7.74. The van der Waals surface area contributed by atoms with Gasteiger partial charge >= 0.3 is 0 Å². The van der Waals surface area contributed by atoms with E-state index in [1.54, 1.807) is 0 Å². The Morgan fingerprint density at radius 1 is 0.393 bits per heavy atom. The standard InChI is InChI=1S/2C10H15.C7H7.Sc/c2*1-6-7(2)9(4)10(5)8(6)3;1-7-5-3-2-4-6-7;/h2*1-5H3;2-6H,1H2;/q;;-1;. The van der Waals surface area contributed by atoms with Crippen LogP contribution in [0, 0.1) is 66.1 Å². The van der Waals surface area contributed by atoms with Gasteiger partial charge in [0.05, 0.1) is 0 Å². The third-order valence-corrected chi connectivity index (χ3v) is 6.47. The van der Waals surface area contributed by atoms with Crippen molar-refractivity contribution in [3.63, 3.8) is 0 Å². The Morgan fingerprint density at radius 2 is 0.571 bits per heavy atom. The predicted octanol–water partition coefficient (Wildman–Crippen LogP) is 7.81. The molecule has 2 fully saturated rings. The maximum absolute atomic E-state index is 3.72. The van der Waals surface area contributed by atoms with Gasteiger partial charge in [-0.2, -0.15) is 24.6 Å². The van der Waals surface area contributed by atoms with Gasteiger partial charge in [-0.3, -0.25) is 0 Å². The van der Waals surface area contributed by atoms with Gasteiger partial charge in [0.15, 0.2) is 0 Å². The number of rotatable bonds is 0. The monoisotopic (exact) mass is 406 g/mol. The molecule has 0 unspecified atom stereocenters. The van der Waals surface area contributed by atoms with E-state index >= 15 is 0 Å². The van der Waals surface area contributed by atoms with Crippen LogP contribution in [0.25, 0.3) is 0 Å². The van der Waals surface area contributed by atoms with E-state index in [4.69, 9.17) is 0 Å². The normalized spacial score (nSPS) is 22.5. The minimum absolute atomic E-state index is 0. The Kier molecular flexibility index (Phi) is 12.6. The van der Waals surface area contributed by atoms with E-state index in [1.165, 1.54) is 59.2 Å². The summed E-state index contributed by atoms with van der Waals surface area (Å²) in [6.07, 6.45) is 0. The van der Waals surface area contributed by atoms with Crippen molar-refractivity contribution >= 4 is 0 Å². The van der Waals surface area contributed by atoms with Crippen LogP contribution >= 0.6 is 0 Å². The SMILES string of the molecule is C[C]1[C](C)[C](C)[C](C)[C]1C.C[C]1[C](C)[C](C)[C](C)[C]1C.[CH2-]c1ccccc1.[Sc]. The molecule has 0 aliphatic heterocycles. The topological polar surface area (TPSA) is 0 Å². The Balaban J connectivity index is 0.000000390. The van der Waals surface area contributed by atoms with Crippen LogP contribution in [-0.4, -0.2) is 0 Å². The summed E-state index contributed by atoms with van der Waals surface area (Å²) in [4.78, 5) is 0. The Bertz CT molecular complexity index is 405. The maximum Gasteiger partial charge on any atom is 0 e. The second-order valence-electron chi connectivity index (χ2n) is 7.74. The molecule has 0 N–H and O–H groups in total. The van der Waals surface area contributed by atoms with Crippen LogP contribution in [0.15, 0.2) is 30.3 Å². The fourth-order valence-electron chi connectivity index (χ4n) is 3.29. The zero-order valence-electron chi connectivity index (χ0n) is 19.7. The molecule has 0 amide bonds. The molecule has 149 valence electrons. The summed E-state index contributed by atoms with van der Waals surface area (Å²) in [6, 6.07) is 9.87. The van der Waals surface area contributed by atoms with Gasteiger partial charge in [0.1, 0.15) is 0 Å². The third-order valence-electron chi connectivity index (χ3n) is 6.47. The van der Waals surface area contributed by atoms with E-state index in [1.807, 2.05) is 30.3 Å². The molecule has 2 aliphatic carbocycles. The summed E-state index contributed by atoms with van der Waals surface area (Å²) < 4.78 is 0. The van der Waals surface area contributed by atoms with Crippen LogP contribution < -0.4 is 0 Å². The Hall–Kier alpha value is -0.0399. The molecule has 2 saturated carbocycles. The summed E-state index contributed by atoms with van der Waals surface area (Å²) in [5, 5.41) is 0. The van der Waals surface area contributed by atoms with Gasteiger partial charge in [0, 0.05) is 25.8 Å². The average molecular weight is 407 g/mol. The minimum Gasteiger partial charge on any atom is -0.199 e. The van der Waals surface area contributed by atoms with Gasteiger partial charge < -0.3 is 0 Å². The van der Waals surface area contributed by atoms with E-state index in [0.29, 0.717) is 0 Å². The molecule has 0 nitrogen and oxygen atoms in total. The number of hydrogen-bond acceptors (Lipinski definition) is 0. The zero-order valence-corrected chi connectivity index (χ0v) is 21.5. The Morgan fingerprint density at radius 3 is 0.679 bits per heavy atom. The first-order valence-electron chi connectivity index (χ1n) is 9.76. The summed E-state index contributed by atoms with van der Waals surface area (Å²) in [5.74, 6) is 14.7. The summed E-state index contributed by atoms with van der Waals surface area (Å²) in [7, 11) is 0. The van der Waals surface area contributed by atoms with Gasteiger partial charge in [-0.25, -0.2) is 0 Å². The van der Waals surface area contributed by atoms with E-state index in [9.17, 15) is 0 Å². The van der Waals surface area contributed by atoms with Gasteiger partial charge in [-0.05, 0) is 59.2 Å². The van der Waals surface area contributed by atoms with Gasteiger partial charge in [-0.1, -0.05) is 75.3 Å². The smallest absolute Gasteiger partial charge is 0 e. The summed E-state index contributed by atoms with van der Waals surface area (Å²) in [5.41, 5.74) is 1.07. The molecule has 3 rings (SSSR count). The van der Waals surface area contributed by atoms with Crippen LogP contribution in [0.3, 0.4) is 0 Å². The minimum atomic E-state index is 0. The molecule has 1 aromatic carbocycles. The van der Waals surface area contributed by atoms with E-state index in [0.717, 1.165) is 5.56 Å². The molecule has 0 bridgehead atoms. The zero-order chi connectivity index (χ0) is 20.9. The maximum atomic E-state index is 3.72. The first-order valence-corrected chi connectivity index (χ1v) is 9.76. The quantitative estimate of drug-likeness (QED) is 0.385. The van der Waals surface area contributed by atoms with Crippen molar-refractivity contribution in [3.05, 3.63) is 102 Å². The van der Waals surface area contributed by atoms with Crippen LogP contribution in [0.2, 0.25) is 0 Å². The van der Waals surface area contributed by atoms with E-state index in [-0.39, 0.29) is 25.8 Å². The fraction of sp³-hybridized carbons (Fsp3) is 0.370. The largest absolute Gasteiger partial charge is 0.199 e. The number of hydrogen-bond donors (Lipinski definition) is 0.